The van der Waals surface area contributed by atoms with Crippen molar-refractivity contribution in [2.45, 2.75) is 31.8 Å². The van der Waals surface area contributed by atoms with E-state index in [4.69, 9.17) is 5.73 Å². The molecule has 29 heavy (non-hydrogen) atoms. The molecule has 0 radical (unpaired) electrons. The first-order valence-electron chi connectivity index (χ1n) is 9.96. The van der Waals surface area contributed by atoms with Gasteiger partial charge in [0.25, 0.3) is 0 Å². The summed E-state index contributed by atoms with van der Waals surface area (Å²) in [5.41, 5.74) is 9.21. The van der Waals surface area contributed by atoms with Crippen molar-refractivity contribution in [2.24, 2.45) is 5.73 Å². The number of likely N-dealkylation sites (tertiary alicyclic amines) is 1. The summed E-state index contributed by atoms with van der Waals surface area (Å²) in [5, 5.41) is 2.74. The van der Waals surface area contributed by atoms with Gasteiger partial charge in [0.2, 0.25) is 0 Å². The molecule has 1 saturated heterocycles. The highest BCUT2D eigenvalue weighted by Gasteiger charge is 2.33. The first-order valence-corrected chi connectivity index (χ1v) is 9.96. The molecule has 1 aliphatic rings. The number of para-hydroxylation sites is 2. The van der Waals surface area contributed by atoms with Crippen molar-refractivity contribution in [3.8, 4) is 0 Å². The van der Waals surface area contributed by atoms with Crippen LogP contribution < -0.4 is 11.1 Å². The Labute approximate surface area is 169 Å². The second-order valence-corrected chi connectivity index (χ2v) is 7.37. The van der Waals surface area contributed by atoms with Gasteiger partial charge in [0.15, 0.2) is 0 Å². The number of aromatic nitrogens is 2. The van der Waals surface area contributed by atoms with Gasteiger partial charge in [-0.25, -0.2) is 4.98 Å². The fourth-order valence-corrected chi connectivity index (χ4v) is 3.96. The van der Waals surface area contributed by atoms with E-state index in [9.17, 15) is 9.59 Å². The normalized spacial score (nSPS) is 16.3. The van der Waals surface area contributed by atoms with Gasteiger partial charge in [0.05, 0.1) is 23.4 Å². The van der Waals surface area contributed by atoms with E-state index in [-0.39, 0.29) is 6.04 Å². The Balaban J connectivity index is 1.44. The van der Waals surface area contributed by atoms with Gasteiger partial charge in [-0.1, -0.05) is 24.3 Å². The SMILES string of the molecule is NCCc1cccc(NC(=O)C(=O)N2CCCC2Cn2cnc3ccccc32)c1. The van der Waals surface area contributed by atoms with Crippen LogP contribution in [0.15, 0.2) is 54.9 Å². The lowest BCUT2D eigenvalue weighted by atomic mass is 10.1. The zero-order chi connectivity index (χ0) is 20.2. The minimum atomic E-state index is -0.600. The van der Waals surface area contributed by atoms with Crippen LogP contribution in [0.3, 0.4) is 0 Å². The van der Waals surface area contributed by atoms with Crippen LogP contribution in [-0.4, -0.2) is 45.4 Å². The van der Waals surface area contributed by atoms with Crippen LogP contribution in [0.25, 0.3) is 11.0 Å². The van der Waals surface area contributed by atoms with Gasteiger partial charge in [-0.05, 0) is 55.6 Å². The maximum atomic E-state index is 12.8. The van der Waals surface area contributed by atoms with E-state index in [0.717, 1.165) is 35.9 Å². The van der Waals surface area contributed by atoms with Gasteiger partial charge < -0.3 is 20.5 Å². The molecule has 1 atom stereocenters. The monoisotopic (exact) mass is 391 g/mol. The number of benzene rings is 2. The summed E-state index contributed by atoms with van der Waals surface area (Å²) in [6.45, 7) is 1.76. The topological polar surface area (TPSA) is 93.2 Å². The predicted molar refractivity (Wildman–Crippen MR) is 112 cm³/mol. The number of carbonyl (C=O) groups excluding carboxylic acids is 2. The zero-order valence-electron chi connectivity index (χ0n) is 16.3. The van der Waals surface area contributed by atoms with E-state index in [0.29, 0.717) is 25.3 Å². The fourth-order valence-electron chi connectivity index (χ4n) is 3.96. The Bertz CT molecular complexity index is 1030. The van der Waals surface area contributed by atoms with Gasteiger partial charge in [0, 0.05) is 18.8 Å². The average molecular weight is 391 g/mol. The molecule has 1 aromatic heterocycles. The van der Waals surface area contributed by atoms with Crippen molar-refractivity contribution in [2.75, 3.05) is 18.4 Å². The molecule has 7 nitrogen and oxygen atoms in total. The highest BCUT2D eigenvalue weighted by Crippen LogP contribution is 2.22. The highest BCUT2D eigenvalue weighted by molar-refractivity contribution is 6.39. The van der Waals surface area contributed by atoms with E-state index < -0.39 is 11.8 Å². The van der Waals surface area contributed by atoms with Crippen molar-refractivity contribution in [1.29, 1.82) is 0 Å². The highest BCUT2D eigenvalue weighted by atomic mass is 16.2. The molecule has 2 heterocycles. The molecule has 3 N–H and O–H groups in total. The molecule has 1 aliphatic heterocycles. The summed E-state index contributed by atoms with van der Waals surface area (Å²) in [6, 6.07) is 15.3. The first kappa shape index (κ1) is 19.1. The number of rotatable bonds is 5. The Morgan fingerprint density at radius 3 is 2.90 bits per heavy atom. The summed E-state index contributed by atoms with van der Waals surface area (Å²) in [4.78, 5) is 31.5. The number of fused-ring (bicyclic) bond motifs is 1. The summed E-state index contributed by atoms with van der Waals surface area (Å²) in [7, 11) is 0. The molecular weight excluding hydrogens is 366 g/mol. The van der Waals surface area contributed by atoms with Crippen LogP contribution in [0.1, 0.15) is 18.4 Å². The molecule has 3 aromatic rings. The Morgan fingerprint density at radius 1 is 1.17 bits per heavy atom. The van der Waals surface area contributed by atoms with Crippen molar-refractivity contribution < 1.29 is 9.59 Å². The standard InChI is InChI=1S/C22H25N5O2/c23-11-10-16-5-3-6-17(13-16)25-21(28)22(29)27-12-4-7-18(27)14-26-15-24-19-8-1-2-9-20(19)26/h1-3,5-6,8-9,13,15,18H,4,7,10-12,14,23H2,(H,25,28). The third-order valence-electron chi connectivity index (χ3n) is 5.38. The van der Waals surface area contributed by atoms with Gasteiger partial charge in [-0.15, -0.1) is 0 Å². The number of carbonyl (C=O) groups is 2. The quantitative estimate of drug-likeness (QED) is 0.652. The number of anilines is 1. The number of hydrogen-bond acceptors (Lipinski definition) is 4. The number of imidazole rings is 1. The zero-order valence-corrected chi connectivity index (χ0v) is 16.3. The van der Waals surface area contributed by atoms with E-state index >= 15 is 0 Å². The lowest BCUT2D eigenvalue weighted by Crippen LogP contribution is -2.44. The largest absolute Gasteiger partial charge is 0.330 e. The maximum absolute atomic E-state index is 12.8. The third-order valence-corrected chi connectivity index (χ3v) is 5.38. The number of nitrogens with one attached hydrogen (secondary N) is 1. The molecular formula is C22H25N5O2. The van der Waals surface area contributed by atoms with E-state index in [1.165, 1.54) is 0 Å². The minimum Gasteiger partial charge on any atom is -0.330 e. The van der Waals surface area contributed by atoms with Crippen molar-refractivity contribution >= 4 is 28.5 Å². The molecule has 2 amide bonds. The van der Waals surface area contributed by atoms with Crippen molar-refractivity contribution in [3.05, 3.63) is 60.4 Å². The van der Waals surface area contributed by atoms with Crippen LogP contribution in [0.5, 0.6) is 0 Å². The Kier molecular flexibility index (Phi) is 5.57. The van der Waals surface area contributed by atoms with Crippen molar-refractivity contribution in [1.82, 2.24) is 14.5 Å². The average Bonchev–Trinajstić information content (AvgIpc) is 3.36. The van der Waals surface area contributed by atoms with Crippen LogP contribution in [0.4, 0.5) is 5.69 Å². The third kappa shape index (κ3) is 4.14. The molecule has 1 unspecified atom stereocenters. The van der Waals surface area contributed by atoms with Gasteiger partial charge in [-0.3, -0.25) is 9.59 Å². The minimum absolute atomic E-state index is 0.0190. The Morgan fingerprint density at radius 2 is 2.03 bits per heavy atom. The molecule has 0 saturated carbocycles. The van der Waals surface area contributed by atoms with Crippen LogP contribution in [0.2, 0.25) is 0 Å². The smallest absolute Gasteiger partial charge is 0.313 e. The van der Waals surface area contributed by atoms with Gasteiger partial charge in [-0.2, -0.15) is 0 Å². The molecule has 1 fully saturated rings. The Hall–Kier alpha value is -3.19. The molecule has 0 spiro atoms. The molecule has 4 rings (SSSR count). The van der Waals surface area contributed by atoms with Crippen LogP contribution in [-0.2, 0) is 22.6 Å². The second-order valence-electron chi connectivity index (χ2n) is 7.37. The van der Waals surface area contributed by atoms with Gasteiger partial charge >= 0.3 is 11.8 Å². The number of nitrogens with zero attached hydrogens (tertiary/aromatic N) is 3. The number of amides is 2. The molecule has 150 valence electrons. The van der Waals surface area contributed by atoms with E-state index in [2.05, 4.69) is 14.9 Å². The fraction of sp³-hybridized carbons (Fsp3) is 0.318. The van der Waals surface area contributed by atoms with E-state index in [1.54, 1.807) is 17.3 Å². The van der Waals surface area contributed by atoms with Crippen molar-refractivity contribution in [3.63, 3.8) is 0 Å². The lowest BCUT2D eigenvalue weighted by molar-refractivity contribution is -0.143. The summed E-state index contributed by atoms with van der Waals surface area (Å²) in [6.07, 6.45) is 4.29. The van der Waals surface area contributed by atoms with Crippen LogP contribution in [0, 0.1) is 0 Å². The number of nitrogens with two attached hydrogens (primary N) is 1. The maximum Gasteiger partial charge on any atom is 0.313 e. The summed E-state index contributed by atoms with van der Waals surface area (Å²) >= 11 is 0. The molecule has 7 heteroatoms. The predicted octanol–water partition coefficient (Wildman–Crippen LogP) is 2.17. The number of hydrogen-bond donors (Lipinski definition) is 2. The first-order chi connectivity index (χ1) is 14.2. The molecule has 2 aromatic carbocycles. The van der Waals surface area contributed by atoms with Gasteiger partial charge in [0.1, 0.15) is 0 Å². The van der Waals surface area contributed by atoms with Crippen LogP contribution >= 0.6 is 0 Å². The molecule has 0 aliphatic carbocycles. The lowest BCUT2D eigenvalue weighted by Gasteiger charge is -2.24. The van der Waals surface area contributed by atoms with E-state index in [1.807, 2.05) is 42.5 Å². The second kappa shape index (κ2) is 8.45. The summed E-state index contributed by atoms with van der Waals surface area (Å²) in [5.74, 6) is -1.08. The molecule has 0 bridgehead atoms. The summed E-state index contributed by atoms with van der Waals surface area (Å²) < 4.78 is 2.06.